The van der Waals surface area contributed by atoms with Gasteiger partial charge in [0.1, 0.15) is 6.04 Å². The summed E-state index contributed by atoms with van der Waals surface area (Å²) in [6.07, 6.45) is 6.26. The number of carbonyl (C=O) groups is 3. The van der Waals surface area contributed by atoms with Crippen LogP contribution in [0.2, 0.25) is 0 Å². The fourth-order valence-corrected chi connectivity index (χ4v) is 6.12. The number of amides is 3. The molecule has 1 heterocycles. The average molecular weight is 352 g/mol. The van der Waals surface area contributed by atoms with Crippen LogP contribution >= 0.6 is 0 Å². The Hall–Kier alpha value is -2.17. The monoisotopic (exact) mass is 352 g/mol. The number of imide groups is 1. The summed E-state index contributed by atoms with van der Waals surface area (Å²) in [6.45, 7) is 1.66. The third kappa shape index (κ3) is 2.25. The van der Waals surface area contributed by atoms with E-state index in [1.165, 1.54) is 32.1 Å². The van der Waals surface area contributed by atoms with Crippen molar-refractivity contribution in [2.75, 3.05) is 0 Å². The number of nitrogens with one attached hydrogen (secondary N) is 1. The molecule has 6 rings (SSSR count). The van der Waals surface area contributed by atoms with Gasteiger partial charge < -0.3 is 5.32 Å². The minimum absolute atomic E-state index is 0.197. The third-order valence-corrected chi connectivity index (χ3v) is 7.13. The summed E-state index contributed by atoms with van der Waals surface area (Å²) in [6, 6.07) is 6.22. The van der Waals surface area contributed by atoms with E-state index in [2.05, 4.69) is 5.32 Å². The number of hydrogen-bond donors (Lipinski definition) is 1. The maximum atomic E-state index is 12.9. The Labute approximate surface area is 153 Å². The van der Waals surface area contributed by atoms with E-state index >= 15 is 0 Å². The summed E-state index contributed by atoms with van der Waals surface area (Å²) in [5.41, 5.74) is 0.790. The van der Waals surface area contributed by atoms with Crippen LogP contribution in [0.15, 0.2) is 24.3 Å². The average Bonchev–Trinajstić information content (AvgIpc) is 2.88. The van der Waals surface area contributed by atoms with Gasteiger partial charge in [-0.3, -0.25) is 19.3 Å². The van der Waals surface area contributed by atoms with Gasteiger partial charge in [-0.2, -0.15) is 0 Å². The zero-order valence-electron chi connectivity index (χ0n) is 15.0. The molecule has 0 saturated heterocycles. The Morgan fingerprint density at radius 3 is 1.96 bits per heavy atom. The number of hydrogen-bond acceptors (Lipinski definition) is 3. The highest BCUT2D eigenvalue weighted by Crippen LogP contribution is 2.53. The topological polar surface area (TPSA) is 66.5 Å². The molecule has 5 aliphatic rings. The Balaban J connectivity index is 1.32. The van der Waals surface area contributed by atoms with E-state index in [0.717, 1.165) is 16.7 Å². The van der Waals surface area contributed by atoms with Crippen LogP contribution in [0.4, 0.5) is 0 Å². The highest BCUT2D eigenvalue weighted by molar-refractivity contribution is 6.22. The third-order valence-electron chi connectivity index (χ3n) is 7.13. The highest BCUT2D eigenvalue weighted by Gasteiger charge is 2.49. The molecule has 1 aliphatic heterocycles. The Morgan fingerprint density at radius 1 is 0.962 bits per heavy atom. The first-order valence-corrected chi connectivity index (χ1v) is 9.80. The summed E-state index contributed by atoms with van der Waals surface area (Å²) in [4.78, 5) is 39.3. The van der Waals surface area contributed by atoms with Crippen LogP contribution in [-0.4, -0.2) is 34.7 Å². The largest absolute Gasteiger partial charge is 0.351 e. The second-order valence-corrected chi connectivity index (χ2v) is 8.67. The molecule has 3 amide bonds. The van der Waals surface area contributed by atoms with Crippen molar-refractivity contribution in [3.63, 3.8) is 0 Å². The van der Waals surface area contributed by atoms with E-state index in [1.807, 2.05) is 0 Å². The van der Waals surface area contributed by atoms with Crippen LogP contribution in [0.3, 0.4) is 0 Å². The molecule has 1 aromatic carbocycles. The maximum absolute atomic E-state index is 12.9. The minimum Gasteiger partial charge on any atom is -0.351 e. The van der Waals surface area contributed by atoms with Crippen LogP contribution in [-0.2, 0) is 4.79 Å². The lowest BCUT2D eigenvalue weighted by atomic mass is 9.54. The van der Waals surface area contributed by atoms with Crippen molar-refractivity contribution in [2.24, 2.45) is 23.7 Å². The quantitative estimate of drug-likeness (QED) is 0.851. The molecule has 5 heteroatoms. The summed E-state index contributed by atoms with van der Waals surface area (Å²) in [7, 11) is 0. The predicted molar refractivity (Wildman–Crippen MR) is 95.4 cm³/mol. The van der Waals surface area contributed by atoms with Crippen molar-refractivity contribution in [2.45, 2.75) is 51.1 Å². The normalized spacial score (nSPS) is 35.6. The molecular formula is C21H24N2O3. The molecule has 1 atom stereocenters. The van der Waals surface area contributed by atoms with Gasteiger partial charge in [0.25, 0.3) is 11.8 Å². The fourth-order valence-electron chi connectivity index (χ4n) is 6.12. The zero-order chi connectivity index (χ0) is 18.0. The molecule has 4 fully saturated rings. The lowest BCUT2D eigenvalue weighted by Crippen LogP contribution is -2.59. The van der Waals surface area contributed by atoms with Gasteiger partial charge in [0.05, 0.1) is 11.1 Å². The molecular weight excluding hydrogens is 328 g/mol. The molecule has 136 valence electrons. The van der Waals surface area contributed by atoms with Crippen LogP contribution in [0.5, 0.6) is 0 Å². The molecule has 4 bridgehead atoms. The Morgan fingerprint density at radius 2 is 1.46 bits per heavy atom. The second-order valence-electron chi connectivity index (χ2n) is 8.67. The maximum Gasteiger partial charge on any atom is 0.262 e. The first-order chi connectivity index (χ1) is 12.5. The van der Waals surface area contributed by atoms with Gasteiger partial charge in [-0.15, -0.1) is 0 Å². The van der Waals surface area contributed by atoms with Crippen molar-refractivity contribution in [1.29, 1.82) is 0 Å². The Bertz CT molecular complexity index is 739. The fraction of sp³-hybridized carbons (Fsp3) is 0.571. The molecule has 5 nitrogen and oxygen atoms in total. The van der Waals surface area contributed by atoms with E-state index < -0.39 is 6.04 Å². The van der Waals surface area contributed by atoms with Gasteiger partial charge in [-0.05, 0) is 74.8 Å². The summed E-state index contributed by atoms with van der Waals surface area (Å²) in [5.74, 6) is 1.92. The van der Waals surface area contributed by atoms with Crippen LogP contribution in [0.25, 0.3) is 0 Å². The number of carbonyl (C=O) groups excluding carboxylic acids is 3. The van der Waals surface area contributed by atoms with Crippen molar-refractivity contribution in [3.05, 3.63) is 35.4 Å². The molecule has 1 N–H and O–H groups in total. The highest BCUT2D eigenvalue weighted by atomic mass is 16.2. The first-order valence-electron chi connectivity index (χ1n) is 9.80. The second kappa shape index (κ2) is 5.66. The van der Waals surface area contributed by atoms with E-state index in [-0.39, 0.29) is 23.8 Å². The van der Waals surface area contributed by atoms with Gasteiger partial charge in [0, 0.05) is 6.04 Å². The summed E-state index contributed by atoms with van der Waals surface area (Å²) >= 11 is 0. The van der Waals surface area contributed by atoms with Gasteiger partial charge in [0.15, 0.2) is 0 Å². The number of nitrogens with zero attached hydrogens (tertiary/aromatic N) is 1. The molecule has 0 spiro atoms. The van der Waals surface area contributed by atoms with E-state index in [1.54, 1.807) is 31.2 Å². The van der Waals surface area contributed by atoms with Gasteiger partial charge in [-0.1, -0.05) is 12.1 Å². The molecule has 26 heavy (non-hydrogen) atoms. The molecule has 4 aliphatic carbocycles. The predicted octanol–water partition coefficient (Wildman–Crippen LogP) is 2.61. The molecule has 0 radical (unpaired) electrons. The van der Waals surface area contributed by atoms with Crippen molar-refractivity contribution < 1.29 is 14.4 Å². The molecule has 0 unspecified atom stereocenters. The van der Waals surface area contributed by atoms with Gasteiger partial charge in [0.2, 0.25) is 5.91 Å². The van der Waals surface area contributed by atoms with Crippen LogP contribution in [0, 0.1) is 23.7 Å². The van der Waals surface area contributed by atoms with Gasteiger partial charge >= 0.3 is 0 Å². The standard InChI is InChI=1S/C21H24N2O3/c1-11(23-20(25)16-4-2-3-5-17(16)21(23)26)19(24)22-18-14-7-12-6-13(9-14)10-15(18)8-12/h2-5,11-15,18H,6-10H2,1H3,(H,22,24)/t11-,12?,13?,14?,15?,18?/m1/s1. The van der Waals surface area contributed by atoms with Crippen molar-refractivity contribution >= 4 is 17.7 Å². The van der Waals surface area contributed by atoms with Crippen molar-refractivity contribution in [1.82, 2.24) is 10.2 Å². The first kappa shape index (κ1) is 16.0. The SMILES string of the molecule is C[C@H](C(=O)NC1C2CC3CC(C2)CC1C3)N1C(=O)c2ccccc2C1=O. The van der Waals surface area contributed by atoms with Crippen LogP contribution < -0.4 is 5.32 Å². The minimum atomic E-state index is -0.778. The molecule has 1 aromatic rings. The number of benzene rings is 1. The van der Waals surface area contributed by atoms with Crippen molar-refractivity contribution in [3.8, 4) is 0 Å². The smallest absolute Gasteiger partial charge is 0.262 e. The Kier molecular flexibility index (Phi) is 3.49. The number of fused-ring (bicyclic) bond motifs is 1. The van der Waals surface area contributed by atoms with E-state index in [4.69, 9.17) is 0 Å². The lowest BCUT2D eigenvalue weighted by molar-refractivity contribution is -0.128. The summed E-state index contributed by atoms with van der Waals surface area (Å²) < 4.78 is 0. The number of rotatable bonds is 3. The van der Waals surface area contributed by atoms with E-state index in [0.29, 0.717) is 23.0 Å². The van der Waals surface area contributed by atoms with Gasteiger partial charge in [-0.25, -0.2) is 0 Å². The lowest BCUT2D eigenvalue weighted by Gasteiger charge is -2.54. The summed E-state index contributed by atoms with van der Waals surface area (Å²) in [5, 5.41) is 3.22. The van der Waals surface area contributed by atoms with E-state index in [9.17, 15) is 14.4 Å². The molecule has 4 saturated carbocycles. The zero-order valence-corrected chi connectivity index (χ0v) is 15.0. The molecule has 0 aromatic heterocycles. The van der Waals surface area contributed by atoms with Crippen LogP contribution in [0.1, 0.15) is 59.7 Å².